The van der Waals surface area contributed by atoms with E-state index in [1.165, 1.54) is 11.3 Å². The van der Waals surface area contributed by atoms with Crippen LogP contribution in [0.5, 0.6) is 0 Å². The number of benzene rings is 1. The van der Waals surface area contributed by atoms with Crippen LogP contribution in [0.2, 0.25) is 0 Å². The smallest absolute Gasteiger partial charge is 0.228 e. The summed E-state index contributed by atoms with van der Waals surface area (Å²) in [4.78, 5) is 30.2. The van der Waals surface area contributed by atoms with Crippen molar-refractivity contribution in [3.05, 3.63) is 24.3 Å². The highest BCUT2D eigenvalue weighted by Gasteiger charge is 2.38. The molecule has 2 amide bonds. The van der Waals surface area contributed by atoms with Crippen LogP contribution < -0.4 is 10.2 Å². The van der Waals surface area contributed by atoms with Crippen molar-refractivity contribution in [1.29, 1.82) is 0 Å². The third-order valence-corrected chi connectivity index (χ3v) is 6.33. The minimum absolute atomic E-state index is 0.0594. The molecule has 2 aliphatic rings. The first kappa shape index (κ1) is 19.2. The lowest BCUT2D eigenvalue weighted by Crippen LogP contribution is -2.42. The molecule has 3 rings (SSSR count). The maximum absolute atomic E-state index is 12.9. The molecule has 1 aromatic carbocycles. The van der Waals surface area contributed by atoms with Gasteiger partial charge in [0.05, 0.1) is 5.92 Å². The summed E-state index contributed by atoms with van der Waals surface area (Å²) in [5, 5.41) is 3.20. The van der Waals surface area contributed by atoms with Crippen LogP contribution in [0.15, 0.2) is 29.2 Å². The maximum Gasteiger partial charge on any atom is 0.228 e. The molecule has 2 heterocycles. The van der Waals surface area contributed by atoms with Gasteiger partial charge in [-0.15, -0.1) is 11.8 Å². The number of hydrogen-bond donors (Lipinski definition) is 1. The average Bonchev–Trinajstić information content (AvgIpc) is 3.08. The van der Waals surface area contributed by atoms with Crippen molar-refractivity contribution < 1.29 is 9.59 Å². The van der Waals surface area contributed by atoms with E-state index in [2.05, 4.69) is 5.32 Å². The molecule has 6 heteroatoms. The number of nitrogens with zero attached hydrogens (tertiary/aromatic N) is 2. The van der Waals surface area contributed by atoms with Gasteiger partial charge >= 0.3 is 0 Å². The minimum atomic E-state index is -0.198. The largest absolute Gasteiger partial charge is 0.342 e. The molecule has 0 saturated carbocycles. The lowest BCUT2D eigenvalue weighted by molar-refractivity contribution is -0.137. The lowest BCUT2D eigenvalue weighted by Gasteiger charge is -2.33. The fourth-order valence-electron chi connectivity index (χ4n) is 3.93. The number of carbonyl (C=O) groups is 2. The predicted molar refractivity (Wildman–Crippen MR) is 107 cm³/mol. The summed E-state index contributed by atoms with van der Waals surface area (Å²) in [5.41, 5.74) is 0.897. The van der Waals surface area contributed by atoms with Crippen LogP contribution in [-0.2, 0) is 9.59 Å². The van der Waals surface area contributed by atoms with Gasteiger partial charge in [0, 0.05) is 36.6 Å². The number of hydrogen-bond acceptors (Lipinski definition) is 4. The Labute approximate surface area is 160 Å². The second-order valence-electron chi connectivity index (χ2n) is 7.26. The molecule has 26 heavy (non-hydrogen) atoms. The predicted octanol–water partition coefficient (Wildman–Crippen LogP) is 2.61. The molecule has 2 aliphatic heterocycles. The number of likely N-dealkylation sites (tertiary alicyclic amines) is 1. The van der Waals surface area contributed by atoms with E-state index < -0.39 is 0 Å². The normalized spacial score (nSPS) is 21.5. The number of anilines is 1. The Balaban J connectivity index is 1.55. The van der Waals surface area contributed by atoms with E-state index in [4.69, 9.17) is 0 Å². The standard InChI is InChI=1S/C20H29N3O2S/c1-21-10-7-15-8-11-22(12-9-15)20(25)16-13-19(24)23(14-16)17-3-5-18(26-2)6-4-17/h3-6,15-16,21H,7-14H2,1-2H3. The zero-order chi connectivity index (χ0) is 18.5. The van der Waals surface area contributed by atoms with Gasteiger partial charge in [0.15, 0.2) is 0 Å². The molecule has 0 spiro atoms. The van der Waals surface area contributed by atoms with Crippen molar-refractivity contribution in [2.45, 2.75) is 30.6 Å². The monoisotopic (exact) mass is 375 g/mol. The lowest BCUT2D eigenvalue weighted by atomic mass is 9.92. The summed E-state index contributed by atoms with van der Waals surface area (Å²) in [6, 6.07) is 8.00. The van der Waals surface area contributed by atoms with Gasteiger partial charge in [0.1, 0.15) is 0 Å². The van der Waals surface area contributed by atoms with Crippen molar-refractivity contribution in [2.24, 2.45) is 11.8 Å². The van der Waals surface area contributed by atoms with Crippen molar-refractivity contribution in [3.8, 4) is 0 Å². The number of nitrogens with one attached hydrogen (secondary N) is 1. The second-order valence-corrected chi connectivity index (χ2v) is 8.14. The Hall–Kier alpha value is -1.53. The van der Waals surface area contributed by atoms with Gasteiger partial charge in [-0.25, -0.2) is 0 Å². The molecule has 0 aromatic heterocycles. The fraction of sp³-hybridized carbons (Fsp3) is 0.600. The molecule has 1 N–H and O–H groups in total. The van der Waals surface area contributed by atoms with Gasteiger partial charge in [0.2, 0.25) is 11.8 Å². The summed E-state index contributed by atoms with van der Waals surface area (Å²) >= 11 is 1.68. The number of carbonyl (C=O) groups excluding carboxylic acids is 2. The first-order chi connectivity index (χ1) is 12.6. The summed E-state index contributed by atoms with van der Waals surface area (Å²) in [5.74, 6) is 0.734. The van der Waals surface area contributed by atoms with E-state index in [1.807, 2.05) is 42.5 Å². The Morgan fingerprint density at radius 1 is 1.23 bits per heavy atom. The van der Waals surface area contributed by atoms with E-state index in [9.17, 15) is 9.59 Å². The maximum atomic E-state index is 12.9. The third kappa shape index (κ3) is 4.41. The molecular weight excluding hydrogens is 346 g/mol. The molecule has 142 valence electrons. The van der Waals surface area contributed by atoms with E-state index in [1.54, 1.807) is 16.7 Å². The molecular formula is C20H29N3O2S. The third-order valence-electron chi connectivity index (χ3n) is 5.59. The van der Waals surface area contributed by atoms with Crippen molar-refractivity contribution in [2.75, 3.05) is 44.4 Å². The molecule has 0 bridgehead atoms. The summed E-state index contributed by atoms with van der Waals surface area (Å²) < 4.78 is 0. The highest BCUT2D eigenvalue weighted by Crippen LogP contribution is 2.29. The molecule has 5 nitrogen and oxygen atoms in total. The van der Waals surface area contributed by atoms with Crippen LogP contribution >= 0.6 is 11.8 Å². The first-order valence-corrected chi connectivity index (χ1v) is 10.7. The number of amides is 2. The van der Waals surface area contributed by atoms with Crippen LogP contribution in [0.4, 0.5) is 5.69 Å². The van der Waals surface area contributed by atoms with Gasteiger partial charge in [-0.05, 0) is 69.3 Å². The minimum Gasteiger partial charge on any atom is -0.342 e. The Morgan fingerprint density at radius 3 is 2.54 bits per heavy atom. The van der Waals surface area contributed by atoms with Crippen LogP contribution in [0.1, 0.15) is 25.7 Å². The zero-order valence-electron chi connectivity index (χ0n) is 15.7. The van der Waals surface area contributed by atoms with E-state index >= 15 is 0 Å². The highest BCUT2D eigenvalue weighted by atomic mass is 32.2. The SMILES string of the molecule is CNCCC1CCN(C(=O)C2CC(=O)N(c3ccc(SC)cc3)C2)CC1. The van der Waals surface area contributed by atoms with Crippen LogP contribution in [0, 0.1) is 11.8 Å². The number of rotatable bonds is 6. The molecule has 2 saturated heterocycles. The molecule has 1 unspecified atom stereocenters. The van der Waals surface area contributed by atoms with Crippen LogP contribution in [-0.4, -0.2) is 56.2 Å². The molecule has 1 atom stereocenters. The Kier molecular flexibility index (Phi) is 6.59. The average molecular weight is 376 g/mol. The summed E-state index contributed by atoms with van der Waals surface area (Å²) in [6.45, 7) is 3.22. The van der Waals surface area contributed by atoms with Gasteiger partial charge in [-0.3, -0.25) is 9.59 Å². The Bertz CT molecular complexity index is 626. The van der Waals surface area contributed by atoms with Crippen LogP contribution in [0.25, 0.3) is 0 Å². The quantitative estimate of drug-likeness (QED) is 0.777. The zero-order valence-corrected chi connectivity index (χ0v) is 16.6. The van der Waals surface area contributed by atoms with Crippen molar-refractivity contribution in [1.82, 2.24) is 10.2 Å². The van der Waals surface area contributed by atoms with Gasteiger partial charge in [0.25, 0.3) is 0 Å². The molecule has 0 aliphatic carbocycles. The highest BCUT2D eigenvalue weighted by molar-refractivity contribution is 7.98. The summed E-state index contributed by atoms with van der Waals surface area (Å²) in [6.07, 6.45) is 5.71. The van der Waals surface area contributed by atoms with Gasteiger partial charge in [-0.2, -0.15) is 0 Å². The number of piperidine rings is 1. The van der Waals surface area contributed by atoms with Gasteiger partial charge in [-0.1, -0.05) is 0 Å². The molecule has 1 aromatic rings. The van der Waals surface area contributed by atoms with E-state index in [0.29, 0.717) is 18.9 Å². The van der Waals surface area contributed by atoms with Crippen molar-refractivity contribution in [3.63, 3.8) is 0 Å². The van der Waals surface area contributed by atoms with Crippen molar-refractivity contribution >= 4 is 29.3 Å². The van der Waals surface area contributed by atoms with E-state index in [0.717, 1.165) is 38.2 Å². The van der Waals surface area contributed by atoms with Crippen LogP contribution in [0.3, 0.4) is 0 Å². The molecule has 2 fully saturated rings. The second kappa shape index (κ2) is 8.91. The molecule has 0 radical (unpaired) electrons. The van der Waals surface area contributed by atoms with E-state index in [-0.39, 0.29) is 17.7 Å². The Morgan fingerprint density at radius 2 is 1.92 bits per heavy atom. The summed E-state index contributed by atoms with van der Waals surface area (Å²) in [7, 11) is 1.98. The van der Waals surface area contributed by atoms with Gasteiger partial charge < -0.3 is 15.1 Å². The topological polar surface area (TPSA) is 52.7 Å². The number of thioether (sulfide) groups is 1. The fourth-order valence-corrected chi connectivity index (χ4v) is 4.34. The first-order valence-electron chi connectivity index (χ1n) is 9.50.